The number of para-hydroxylation sites is 1. The Morgan fingerprint density at radius 3 is 2.50 bits per heavy atom. The lowest BCUT2D eigenvalue weighted by atomic mass is 10.0. The number of aliphatic imine (C=N–C) groups is 2. The molecule has 0 aliphatic carbocycles. The van der Waals surface area contributed by atoms with E-state index in [1.54, 1.807) is 7.11 Å². The van der Waals surface area contributed by atoms with Crippen molar-refractivity contribution < 1.29 is 14.3 Å². The van der Waals surface area contributed by atoms with Crippen molar-refractivity contribution in [2.45, 2.75) is 12.6 Å². The van der Waals surface area contributed by atoms with Crippen molar-refractivity contribution in [2.24, 2.45) is 9.98 Å². The van der Waals surface area contributed by atoms with Crippen LogP contribution in [0.15, 0.2) is 88.8 Å². The van der Waals surface area contributed by atoms with Gasteiger partial charge in [-0.15, -0.1) is 0 Å². The summed E-state index contributed by atoms with van der Waals surface area (Å²) in [6.45, 7) is 0.417. The first-order valence-electron chi connectivity index (χ1n) is 10.8. The van der Waals surface area contributed by atoms with Gasteiger partial charge in [0.2, 0.25) is 5.91 Å². The summed E-state index contributed by atoms with van der Waals surface area (Å²) < 4.78 is 5.17. The number of amides is 2. The van der Waals surface area contributed by atoms with E-state index >= 15 is 0 Å². The maximum atomic E-state index is 13.0. The molecule has 34 heavy (non-hydrogen) atoms. The van der Waals surface area contributed by atoms with Gasteiger partial charge in [-0.05, 0) is 35.4 Å². The molecule has 0 saturated carbocycles. The molecule has 1 unspecified atom stereocenters. The standard InChI is InChI=1S/C26H22N4O3S/c1-33-19-13-11-17(12-14-19)15-27-22(31)16-34-26-28-21-10-6-5-9-20(21)24-29-25(32)23(30(24)26)18-7-3-2-4-8-18/h2-14,23H,15-16H2,1H3,(H,27,31). The normalized spacial score (nSPS) is 16.3. The van der Waals surface area contributed by atoms with E-state index in [-0.39, 0.29) is 17.6 Å². The summed E-state index contributed by atoms with van der Waals surface area (Å²) in [5.74, 6) is 1.15. The van der Waals surface area contributed by atoms with Crippen molar-refractivity contribution in [1.29, 1.82) is 0 Å². The molecule has 0 bridgehead atoms. The van der Waals surface area contributed by atoms with Crippen LogP contribution in [0.25, 0.3) is 0 Å². The van der Waals surface area contributed by atoms with Crippen LogP contribution in [-0.2, 0) is 16.1 Å². The summed E-state index contributed by atoms with van der Waals surface area (Å²) >= 11 is 1.30. The van der Waals surface area contributed by atoms with Crippen molar-refractivity contribution in [1.82, 2.24) is 10.2 Å². The lowest BCUT2D eigenvalue weighted by molar-refractivity contribution is -0.120. The van der Waals surface area contributed by atoms with E-state index in [0.29, 0.717) is 17.5 Å². The number of benzene rings is 3. The molecule has 3 aromatic rings. The predicted octanol–water partition coefficient (Wildman–Crippen LogP) is 4.08. The molecule has 8 heteroatoms. The molecule has 0 spiro atoms. The number of rotatable bonds is 6. The quantitative estimate of drug-likeness (QED) is 0.587. The molecule has 2 aliphatic rings. The van der Waals surface area contributed by atoms with Gasteiger partial charge in [-0.1, -0.05) is 66.4 Å². The Morgan fingerprint density at radius 2 is 1.74 bits per heavy atom. The van der Waals surface area contributed by atoms with Crippen LogP contribution in [0.1, 0.15) is 22.7 Å². The molecule has 1 atom stereocenters. The van der Waals surface area contributed by atoms with Crippen molar-refractivity contribution >= 4 is 40.3 Å². The zero-order chi connectivity index (χ0) is 23.5. The lowest BCUT2D eigenvalue weighted by Gasteiger charge is -2.31. The Morgan fingerprint density at radius 1 is 1.00 bits per heavy atom. The van der Waals surface area contributed by atoms with Gasteiger partial charge in [0.25, 0.3) is 5.91 Å². The third kappa shape index (κ3) is 4.32. The average Bonchev–Trinajstić information content (AvgIpc) is 3.24. The van der Waals surface area contributed by atoms with Gasteiger partial charge in [-0.3, -0.25) is 14.5 Å². The fourth-order valence-electron chi connectivity index (χ4n) is 3.91. The molecule has 0 radical (unpaired) electrons. The number of nitrogens with one attached hydrogen (secondary N) is 1. The Labute approximate surface area is 201 Å². The van der Waals surface area contributed by atoms with E-state index in [1.165, 1.54) is 11.8 Å². The van der Waals surface area contributed by atoms with E-state index in [9.17, 15) is 9.59 Å². The smallest absolute Gasteiger partial charge is 0.275 e. The molecule has 3 aromatic carbocycles. The molecule has 170 valence electrons. The third-order valence-electron chi connectivity index (χ3n) is 5.60. The van der Waals surface area contributed by atoms with Crippen LogP contribution in [0.3, 0.4) is 0 Å². The van der Waals surface area contributed by atoms with Gasteiger partial charge >= 0.3 is 0 Å². The Balaban J connectivity index is 1.34. The highest BCUT2D eigenvalue weighted by atomic mass is 32.2. The van der Waals surface area contributed by atoms with Crippen LogP contribution in [0.2, 0.25) is 0 Å². The first kappa shape index (κ1) is 21.9. The van der Waals surface area contributed by atoms with Crippen LogP contribution in [0, 0.1) is 0 Å². The third-order valence-corrected chi connectivity index (χ3v) is 6.55. The second kappa shape index (κ2) is 9.52. The zero-order valence-electron chi connectivity index (χ0n) is 18.5. The number of carbonyl (C=O) groups excluding carboxylic acids is 2. The molecule has 2 heterocycles. The van der Waals surface area contributed by atoms with E-state index in [0.717, 1.165) is 28.1 Å². The summed E-state index contributed by atoms with van der Waals surface area (Å²) in [6.07, 6.45) is 0. The number of methoxy groups -OCH3 is 1. The first-order valence-corrected chi connectivity index (χ1v) is 11.8. The van der Waals surface area contributed by atoms with Gasteiger partial charge in [-0.25, -0.2) is 4.99 Å². The van der Waals surface area contributed by atoms with Crippen molar-refractivity contribution in [3.8, 4) is 5.75 Å². The second-order valence-corrected chi connectivity index (χ2v) is 8.72. The average molecular weight is 471 g/mol. The molecule has 2 amide bonds. The number of hydrogen-bond acceptors (Lipinski definition) is 6. The molecule has 1 N–H and O–H groups in total. The van der Waals surface area contributed by atoms with E-state index in [1.807, 2.05) is 83.8 Å². The summed E-state index contributed by atoms with van der Waals surface area (Å²) in [6, 6.07) is 24.1. The Kier molecular flexibility index (Phi) is 6.14. The molecule has 2 aliphatic heterocycles. The van der Waals surface area contributed by atoms with Crippen LogP contribution < -0.4 is 10.1 Å². The molecule has 0 fully saturated rings. The molecular formula is C26H22N4O3S. The van der Waals surface area contributed by atoms with Gasteiger partial charge < -0.3 is 10.1 Å². The number of carbonyl (C=O) groups is 2. The predicted molar refractivity (Wildman–Crippen MR) is 133 cm³/mol. The van der Waals surface area contributed by atoms with Crippen molar-refractivity contribution in [3.05, 3.63) is 95.6 Å². The number of fused-ring (bicyclic) bond motifs is 3. The van der Waals surface area contributed by atoms with Gasteiger partial charge in [-0.2, -0.15) is 4.99 Å². The lowest BCUT2D eigenvalue weighted by Crippen LogP contribution is -2.39. The van der Waals surface area contributed by atoms with Crippen LogP contribution in [-0.4, -0.2) is 40.6 Å². The van der Waals surface area contributed by atoms with Crippen molar-refractivity contribution in [2.75, 3.05) is 12.9 Å². The zero-order valence-corrected chi connectivity index (χ0v) is 19.3. The van der Waals surface area contributed by atoms with Crippen LogP contribution in [0.4, 0.5) is 5.69 Å². The Bertz CT molecular complexity index is 1290. The molecular weight excluding hydrogens is 448 g/mol. The summed E-state index contributed by atoms with van der Waals surface area (Å²) in [5, 5.41) is 3.52. The van der Waals surface area contributed by atoms with E-state index in [4.69, 9.17) is 9.73 Å². The minimum Gasteiger partial charge on any atom is -0.497 e. The van der Waals surface area contributed by atoms with Crippen molar-refractivity contribution in [3.63, 3.8) is 0 Å². The minimum atomic E-state index is -0.599. The highest BCUT2D eigenvalue weighted by molar-refractivity contribution is 8.14. The maximum absolute atomic E-state index is 13.0. The topological polar surface area (TPSA) is 83.4 Å². The monoisotopic (exact) mass is 470 g/mol. The first-order chi connectivity index (χ1) is 16.6. The number of hydrogen-bond donors (Lipinski definition) is 1. The largest absolute Gasteiger partial charge is 0.497 e. The highest BCUT2D eigenvalue weighted by Gasteiger charge is 2.42. The number of ether oxygens (including phenoxy) is 1. The molecule has 0 saturated heterocycles. The molecule has 5 rings (SSSR count). The van der Waals surface area contributed by atoms with Gasteiger partial charge in [0.15, 0.2) is 5.17 Å². The van der Waals surface area contributed by atoms with Gasteiger partial charge in [0.1, 0.15) is 17.6 Å². The number of thioether (sulfide) groups is 1. The number of amidine groups is 2. The van der Waals surface area contributed by atoms with E-state index in [2.05, 4.69) is 10.3 Å². The maximum Gasteiger partial charge on any atom is 0.275 e. The van der Waals surface area contributed by atoms with E-state index < -0.39 is 6.04 Å². The second-order valence-electron chi connectivity index (χ2n) is 7.78. The molecule has 0 aromatic heterocycles. The highest BCUT2D eigenvalue weighted by Crippen LogP contribution is 2.39. The summed E-state index contributed by atoms with van der Waals surface area (Å²) in [5.41, 5.74) is 3.36. The van der Waals surface area contributed by atoms with Gasteiger partial charge in [0.05, 0.1) is 18.6 Å². The Hall–Kier alpha value is -3.91. The molecule has 7 nitrogen and oxygen atoms in total. The fraction of sp³-hybridized carbons (Fsp3) is 0.154. The van der Waals surface area contributed by atoms with Gasteiger partial charge in [0, 0.05) is 12.1 Å². The minimum absolute atomic E-state index is 0.123. The summed E-state index contributed by atoms with van der Waals surface area (Å²) in [4.78, 5) is 36.6. The number of nitrogens with zero attached hydrogens (tertiary/aromatic N) is 3. The SMILES string of the molecule is COc1ccc(CNC(=O)CSC2=Nc3ccccc3C3=NC(=O)C(c4ccccc4)N23)cc1. The van der Waals surface area contributed by atoms with Crippen LogP contribution in [0.5, 0.6) is 5.75 Å². The van der Waals surface area contributed by atoms with Crippen LogP contribution >= 0.6 is 11.8 Å². The summed E-state index contributed by atoms with van der Waals surface area (Å²) in [7, 11) is 1.62. The fourth-order valence-corrected chi connectivity index (χ4v) is 4.77.